The molecule has 45 heavy (non-hydrogen) atoms. The summed E-state index contributed by atoms with van der Waals surface area (Å²) in [5.41, 5.74) is 16.8. The van der Waals surface area contributed by atoms with Crippen LogP contribution in [0.4, 0.5) is 23.1 Å². The van der Waals surface area contributed by atoms with E-state index < -0.39 is 35.9 Å². The van der Waals surface area contributed by atoms with Gasteiger partial charge in [0.15, 0.2) is 11.8 Å². The third-order valence-corrected chi connectivity index (χ3v) is 6.58. The smallest absolute Gasteiger partial charge is 0.326 e. The molecule has 0 saturated heterocycles. The van der Waals surface area contributed by atoms with Crippen LogP contribution < -0.4 is 48.9 Å². The Balaban J connectivity index is 0.000000498. The fraction of sp³-hybridized carbons (Fsp3) is 0.423. The van der Waals surface area contributed by atoms with E-state index in [0.717, 1.165) is 5.69 Å². The van der Waals surface area contributed by atoms with Crippen LogP contribution >= 0.6 is 0 Å². The van der Waals surface area contributed by atoms with Crippen LogP contribution in [0.3, 0.4) is 0 Å². The lowest BCUT2D eigenvalue weighted by molar-refractivity contribution is -0.141. The predicted molar refractivity (Wildman–Crippen MR) is 165 cm³/mol. The van der Waals surface area contributed by atoms with Gasteiger partial charge in [0.1, 0.15) is 17.8 Å². The second kappa shape index (κ2) is 16.9. The third kappa shape index (κ3) is 11.5. The van der Waals surface area contributed by atoms with Gasteiger partial charge in [-0.05, 0) is 43.5 Å². The van der Waals surface area contributed by atoms with Gasteiger partial charge in [0.05, 0.1) is 6.04 Å². The molecule has 1 aliphatic heterocycles. The van der Waals surface area contributed by atoms with E-state index in [4.69, 9.17) is 32.8 Å². The number of aromatic nitrogens is 2. The first-order valence-corrected chi connectivity index (χ1v) is 13.7. The minimum Gasteiger partial charge on any atom is -0.481 e. The maximum atomic E-state index is 12.3. The van der Waals surface area contributed by atoms with E-state index in [2.05, 4.69) is 31.2 Å². The molecular weight excluding hydrogens is 594 g/mol. The summed E-state index contributed by atoms with van der Waals surface area (Å²) >= 11 is 0. The highest BCUT2D eigenvalue weighted by atomic mass is 16.4. The Morgan fingerprint density at radius 2 is 1.80 bits per heavy atom. The predicted octanol–water partition coefficient (Wildman–Crippen LogP) is -1.60. The van der Waals surface area contributed by atoms with E-state index >= 15 is 0 Å². The maximum Gasteiger partial charge on any atom is 0.326 e. The fourth-order valence-electron chi connectivity index (χ4n) is 4.09. The molecule has 1 aromatic heterocycles. The highest BCUT2D eigenvalue weighted by Gasteiger charge is 2.27. The summed E-state index contributed by atoms with van der Waals surface area (Å²) in [4.78, 5) is 65.1. The molecule has 3 atom stereocenters. The number of fused-ring (bicyclic) bond motifs is 1. The summed E-state index contributed by atoms with van der Waals surface area (Å²) in [6, 6.07) is 4.21. The van der Waals surface area contributed by atoms with Crippen molar-refractivity contribution in [2.24, 2.45) is 11.5 Å². The molecule has 1 aliphatic rings. The third-order valence-electron chi connectivity index (χ3n) is 6.58. The van der Waals surface area contributed by atoms with Gasteiger partial charge in [-0.2, -0.15) is 4.98 Å². The molecule has 0 bridgehead atoms. The summed E-state index contributed by atoms with van der Waals surface area (Å²) in [7, 11) is 1.79. The fourth-order valence-corrected chi connectivity index (χ4v) is 4.09. The summed E-state index contributed by atoms with van der Waals surface area (Å²) in [5.74, 6) is -3.70. The zero-order chi connectivity index (χ0) is 33.7. The summed E-state index contributed by atoms with van der Waals surface area (Å²) in [6.45, 7) is 1.49. The number of rotatable bonds is 14. The highest BCUT2D eigenvalue weighted by Crippen LogP contribution is 2.25. The number of carboxylic acids is 3. The average Bonchev–Trinajstić information content (AvgIpc) is 2.96. The second-order valence-electron chi connectivity index (χ2n) is 9.98. The molecule has 3 rings (SSSR count). The molecule has 0 fully saturated rings. The first kappa shape index (κ1) is 35.6. The first-order chi connectivity index (χ1) is 21.2. The Labute approximate surface area is 257 Å². The SMILES string of the molecule is CN1c2c(nc(N)[nH]c2=O)NC[C@@H]1CNc1ccc(C(=O)NC(CCC(=O)O)C(=O)O)cc1.N=C(N)NCCCC(N)C(=O)O. The Hall–Kier alpha value is -5.59. The first-order valence-electron chi connectivity index (χ1n) is 13.7. The van der Waals surface area contributed by atoms with Crippen molar-refractivity contribution < 1.29 is 34.5 Å². The molecule has 2 aromatic rings. The quantitative estimate of drug-likeness (QED) is 0.0633. The monoisotopic (exact) mass is 633 g/mol. The van der Waals surface area contributed by atoms with E-state index in [1.165, 1.54) is 12.1 Å². The van der Waals surface area contributed by atoms with E-state index in [0.29, 0.717) is 44.0 Å². The highest BCUT2D eigenvalue weighted by molar-refractivity contribution is 5.97. The van der Waals surface area contributed by atoms with Gasteiger partial charge < -0.3 is 58.7 Å². The zero-order valence-corrected chi connectivity index (χ0v) is 24.5. The lowest BCUT2D eigenvalue weighted by Crippen LogP contribution is -2.48. The van der Waals surface area contributed by atoms with Crippen LogP contribution in [0.25, 0.3) is 0 Å². The molecule has 0 aliphatic carbocycles. The number of amides is 1. The van der Waals surface area contributed by atoms with Crippen LogP contribution in [0.15, 0.2) is 29.1 Å². The van der Waals surface area contributed by atoms with Crippen LogP contribution in [0.5, 0.6) is 0 Å². The normalized spacial score (nSPS) is 14.7. The van der Waals surface area contributed by atoms with E-state index in [-0.39, 0.29) is 41.9 Å². The van der Waals surface area contributed by atoms with Crippen molar-refractivity contribution in [3.8, 4) is 0 Å². The van der Waals surface area contributed by atoms with E-state index in [1.54, 1.807) is 19.2 Å². The number of nitrogen functional groups attached to an aromatic ring is 1. The molecule has 19 nitrogen and oxygen atoms in total. The Kier molecular flexibility index (Phi) is 13.4. The van der Waals surface area contributed by atoms with Crippen LogP contribution in [0.1, 0.15) is 36.0 Å². The number of nitrogens with zero attached hydrogens (tertiary/aromatic N) is 2. The largest absolute Gasteiger partial charge is 0.481 e. The Morgan fingerprint density at radius 3 is 2.38 bits per heavy atom. The number of H-pyrrole nitrogens is 1. The van der Waals surface area contributed by atoms with Gasteiger partial charge in [0.2, 0.25) is 5.95 Å². The molecule has 19 heteroatoms. The van der Waals surface area contributed by atoms with E-state index in [1.807, 2.05) is 4.90 Å². The standard InChI is InChI=1S/C20H25N7O6.C6H14N4O2/c1-27-12(9-23-16-15(27)18(31)26-20(21)25-16)8-22-11-4-2-10(3-5-11)17(30)24-13(19(32)33)6-7-14(28)29;7-4(5(11)12)2-1-3-10-6(8)9/h2-5,12-13,22H,6-9H2,1H3,(H,24,30)(H,28,29)(H,32,33)(H4,21,23,25,26,31);4H,1-3,7H2,(H,11,12)(H4,8,9,10)/t12-,13?;/m0./s1. The molecule has 2 unspecified atom stereocenters. The molecule has 1 amide bonds. The van der Waals surface area contributed by atoms with Crippen molar-refractivity contribution >= 4 is 52.9 Å². The summed E-state index contributed by atoms with van der Waals surface area (Å²) in [5, 5.41) is 44.3. The number of likely N-dealkylation sites (N-methyl/N-ethyl adjacent to an activating group) is 1. The number of guanidine groups is 1. The number of nitrogens with two attached hydrogens (primary N) is 3. The zero-order valence-electron chi connectivity index (χ0n) is 24.5. The lowest BCUT2D eigenvalue weighted by Gasteiger charge is -2.35. The van der Waals surface area contributed by atoms with Crippen molar-refractivity contribution in [3.05, 3.63) is 40.2 Å². The number of carboxylic acid groups (broad SMARTS) is 3. The number of hydrogen-bond donors (Lipinski definition) is 12. The number of carbonyl (C=O) groups excluding carboxylic acids is 1. The van der Waals surface area contributed by atoms with Gasteiger partial charge in [-0.3, -0.25) is 29.6 Å². The summed E-state index contributed by atoms with van der Waals surface area (Å²) in [6.07, 6.45) is 0.389. The summed E-state index contributed by atoms with van der Waals surface area (Å²) < 4.78 is 0. The minimum absolute atomic E-state index is 0.0388. The molecule has 15 N–H and O–H groups in total. The van der Waals surface area contributed by atoms with Gasteiger partial charge in [-0.25, -0.2) is 4.79 Å². The molecule has 0 saturated carbocycles. The number of benzene rings is 1. The van der Waals surface area contributed by atoms with Crippen molar-refractivity contribution in [1.29, 1.82) is 5.41 Å². The van der Waals surface area contributed by atoms with Crippen LogP contribution in [0, 0.1) is 5.41 Å². The van der Waals surface area contributed by atoms with Gasteiger partial charge >= 0.3 is 17.9 Å². The minimum atomic E-state index is -1.30. The van der Waals surface area contributed by atoms with Gasteiger partial charge in [0, 0.05) is 44.4 Å². The van der Waals surface area contributed by atoms with Gasteiger partial charge in [-0.1, -0.05) is 0 Å². The number of nitrogens with one attached hydrogen (secondary N) is 6. The number of hydrogen-bond acceptors (Lipinski definition) is 12. The van der Waals surface area contributed by atoms with Crippen molar-refractivity contribution in [3.63, 3.8) is 0 Å². The van der Waals surface area contributed by atoms with Crippen molar-refractivity contribution in [2.45, 2.75) is 43.8 Å². The number of aliphatic carboxylic acids is 3. The van der Waals surface area contributed by atoms with Crippen molar-refractivity contribution in [1.82, 2.24) is 20.6 Å². The molecule has 0 radical (unpaired) electrons. The van der Waals surface area contributed by atoms with Crippen LogP contribution in [0.2, 0.25) is 0 Å². The van der Waals surface area contributed by atoms with E-state index in [9.17, 15) is 29.1 Å². The average molecular weight is 634 g/mol. The molecule has 0 spiro atoms. The van der Waals surface area contributed by atoms with Crippen LogP contribution in [-0.2, 0) is 14.4 Å². The molecule has 2 heterocycles. The van der Waals surface area contributed by atoms with Crippen LogP contribution in [-0.4, -0.2) is 99.9 Å². The number of anilines is 4. The Bertz CT molecular complexity index is 1420. The van der Waals surface area contributed by atoms with Gasteiger partial charge in [-0.15, -0.1) is 0 Å². The van der Waals surface area contributed by atoms with Gasteiger partial charge in [0.25, 0.3) is 11.5 Å². The van der Waals surface area contributed by atoms with Crippen molar-refractivity contribution in [2.75, 3.05) is 47.9 Å². The topological polar surface area (TPSA) is 328 Å². The lowest BCUT2D eigenvalue weighted by atomic mass is 10.1. The number of aromatic amines is 1. The molecular formula is C26H39N11O8. The number of carbonyl (C=O) groups is 4. The molecule has 246 valence electrons. The Morgan fingerprint density at radius 1 is 1.13 bits per heavy atom. The molecule has 1 aromatic carbocycles. The maximum absolute atomic E-state index is 12.3. The second-order valence-corrected chi connectivity index (χ2v) is 9.98.